The van der Waals surface area contributed by atoms with Crippen LogP contribution < -0.4 is 16.0 Å². The molecule has 0 unspecified atom stereocenters. The van der Waals surface area contributed by atoms with Crippen LogP contribution in [0.25, 0.3) is 0 Å². The molecule has 0 aromatic carbocycles. The van der Waals surface area contributed by atoms with Gasteiger partial charge < -0.3 is 16.0 Å². The highest BCUT2D eigenvalue weighted by Gasteiger charge is 2.25. The molecule has 78 valence electrons. The van der Waals surface area contributed by atoms with Crippen LogP contribution in [0.3, 0.4) is 0 Å². The topological polar surface area (TPSA) is 36.1 Å². The van der Waals surface area contributed by atoms with E-state index in [2.05, 4.69) is 41.2 Å². The van der Waals surface area contributed by atoms with Crippen molar-refractivity contribution >= 4 is 25.3 Å². The number of thiol groups is 2. The lowest BCUT2D eigenvalue weighted by atomic mass is 10.2. The van der Waals surface area contributed by atoms with Crippen molar-refractivity contribution in [3.8, 4) is 0 Å². The van der Waals surface area contributed by atoms with Gasteiger partial charge in [0, 0.05) is 49.8 Å². The normalized spacial score (nSPS) is 28.2. The van der Waals surface area contributed by atoms with E-state index in [4.69, 9.17) is 0 Å². The summed E-state index contributed by atoms with van der Waals surface area (Å²) in [6.45, 7) is 4.07. The van der Waals surface area contributed by atoms with Crippen molar-refractivity contribution in [2.45, 2.75) is 12.1 Å². The van der Waals surface area contributed by atoms with Crippen molar-refractivity contribution in [2.24, 2.45) is 0 Å². The maximum atomic E-state index is 4.18. The second-order valence-electron chi connectivity index (χ2n) is 3.23. The average molecular weight is 221 g/mol. The van der Waals surface area contributed by atoms with Crippen molar-refractivity contribution in [3.63, 3.8) is 0 Å². The molecule has 1 saturated heterocycles. The van der Waals surface area contributed by atoms with Gasteiger partial charge in [-0.05, 0) is 0 Å². The summed E-state index contributed by atoms with van der Waals surface area (Å²) in [5.74, 6) is 1.80. The quantitative estimate of drug-likeness (QED) is 0.388. The molecule has 3 N–H and O–H groups in total. The standard InChI is InChI=1S/C8H19N3S2/c12-3-1-10-7-5-9-6-8(7)11-2-4-13/h7-13H,1-6H2/t7-,8-/m1/s1. The molecule has 1 fully saturated rings. The molecule has 0 aromatic heterocycles. The van der Waals surface area contributed by atoms with E-state index >= 15 is 0 Å². The largest absolute Gasteiger partial charge is 0.314 e. The van der Waals surface area contributed by atoms with Crippen molar-refractivity contribution in [1.29, 1.82) is 0 Å². The van der Waals surface area contributed by atoms with Crippen LogP contribution >= 0.6 is 25.3 Å². The highest BCUT2D eigenvalue weighted by atomic mass is 32.1. The van der Waals surface area contributed by atoms with Gasteiger partial charge in [-0.1, -0.05) is 0 Å². The summed E-state index contributed by atoms with van der Waals surface area (Å²) in [4.78, 5) is 0. The van der Waals surface area contributed by atoms with Gasteiger partial charge in [0.2, 0.25) is 0 Å². The molecule has 2 atom stereocenters. The summed E-state index contributed by atoms with van der Waals surface area (Å²) in [7, 11) is 0. The van der Waals surface area contributed by atoms with Gasteiger partial charge in [0.25, 0.3) is 0 Å². The first-order valence-corrected chi connectivity index (χ1v) is 6.04. The first-order chi connectivity index (χ1) is 6.38. The lowest BCUT2D eigenvalue weighted by Gasteiger charge is -2.20. The van der Waals surface area contributed by atoms with Crippen LogP contribution in [0.2, 0.25) is 0 Å². The molecule has 1 aliphatic heterocycles. The first-order valence-electron chi connectivity index (χ1n) is 4.77. The molecule has 5 heteroatoms. The number of nitrogens with one attached hydrogen (secondary N) is 3. The fourth-order valence-electron chi connectivity index (χ4n) is 1.61. The molecule has 1 heterocycles. The lowest BCUT2D eigenvalue weighted by molar-refractivity contribution is 0.451. The van der Waals surface area contributed by atoms with Gasteiger partial charge in [-0.3, -0.25) is 0 Å². The van der Waals surface area contributed by atoms with E-state index in [1.54, 1.807) is 0 Å². The Kier molecular flexibility index (Phi) is 6.23. The van der Waals surface area contributed by atoms with Crippen molar-refractivity contribution in [3.05, 3.63) is 0 Å². The molecule has 0 aliphatic carbocycles. The maximum Gasteiger partial charge on any atom is 0.0359 e. The van der Waals surface area contributed by atoms with Crippen LogP contribution in [0.15, 0.2) is 0 Å². The van der Waals surface area contributed by atoms with Gasteiger partial charge >= 0.3 is 0 Å². The van der Waals surface area contributed by atoms with Gasteiger partial charge in [0.1, 0.15) is 0 Å². The molecule has 3 nitrogen and oxygen atoms in total. The zero-order chi connectivity index (χ0) is 9.52. The SMILES string of the molecule is SCCN[C@@H]1CNC[C@H]1NCCS. The van der Waals surface area contributed by atoms with Crippen LogP contribution in [0.1, 0.15) is 0 Å². The number of hydrogen-bond donors (Lipinski definition) is 5. The van der Waals surface area contributed by atoms with Crippen molar-refractivity contribution < 1.29 is 0 Å². The van der Waals surface area contributed by atoms with Crippen LogP contribution in [0.4, 0.5) is 0 Å². The van der Waals surface area contributed by atoms with Gasteiger partial charge in [-0.15, -0.1) is 0 Å². The Balaban J connectivity index is 2.18. The third-order valence-electron chi connectivity index (χ3n) is 2.25. The second-order valence-corrected chi connectivity index (χ2v) is 4.12. The summed E-state index contributed by atoms with van der Waals surface area (Å²) >= 11 is 8.36. The number of rotatable bonds is 6. The van der Waals surface area contributed by atoms with E-state index in [-0.39, 0.29) is 0 Å². The number of hydrogen-bond acceptors (Lipinski definition) is 5. The minimum Gasteiger partial charge on any atom is -0.314 e. The minimum atomic E-state index is 0.548. The monoisotopic (exact) mass is 221 g/mol. The summed E-state index contributed by atoms with van der Waals surface area (Å²) < 4.78 is 0. The van der Waals surface area contributed by atoms with E-state index in [0.717, 1.165) is 37.7 Å². The fraction of sp³-hybridized carbons (Fsp3) is 1.00. The van der Waals surface area contributed by atoms with E-state index in [1.807, 2.05) is 0 Å². The zero-order valence-electron chi connectivity index (χ0n) is 7.79. The van der Waals surface area contributed by atoms with Crippen molar-refractivity contribution in [2.75, 3.05) is 37.7 Å². The summed E-state index contributed by atoms with van der Waals surface area (Å²) in [6.07, 6.45) is 0. The van der Waals surface area contributed by atoms with E-state index in [0.29, 0.717) is 12.1 Å². The highest BCUT2D eigenvalue weighted by molar-refractivity contribution is 7.80. The molecule has 1 aliphatic rings. The molecular weight excluding hydrogens is 202 g/mol. The Morgan fingerprint density at radius 2 is 1.46 bits per heavy atom. The molecule has 0 spiro atoms. The van der Waals surface area contributed by atoms with E-state index in [9.17, 15) is 0 Å². The predicted octanol–water partition coefficient (Wildman–Crippen LogP) is -0.634. The summed E-state index contributed by atoms with van der Waals surface area (Å²) in [5.41, 5.74) is 0. The molecule has 0 radical (unpaired) electrons. The molecule has 0 saturated carbocycles. The van der Waals surface area contributed by atoms with Gasteiger partial charge in [0.05, 0.1) is 0 Å². The van der Waals surface area contributed by atoms with Crippen LogP contribution in [-0.4, -0.2) is 49.8 Å². The third kappa shape index (κ3) is 4.08. The molecule has 0 amide bonds. The lowest BCUT2D eigenvalue weighted by Crippen LogP contribution is -2.48. The maximum absolute atomic E-state index is 4.18. The third-order valence-corrected chi connectivity index (χ3v) is 2.70. The Morgan fingerprint density at radius 3 is 1.85 bits per heavy atom. The van der Waals surface area contributed by atoms with Crippen LogP contribution in [0.5, 0.6) is 0 Å². The van der Waals surface area contributed by atoms with Crippen LogP contribution in [-0.2, 0) is 0 Å². The van der Waals surface area contributed by atoms with Crippen molar-refractivity contribution in [1.82, 2.24) is 16.0 Å². The molecule has 0 bridgehead atoms. The summed E-state index contributed by atoms with van der Waals surface area (Å²) in [5, 5.41) is 10.3. The Bertz CT molecular complexity index is 121. The van der Waals surface area contributed by atoms with Gasteiger partial charge in [-0.25, -0.2) is 0 Å². The van der Waals surface area contributed by atoms with E-state index < -0.39 is 0 Å². The van der Waals surface area contributed by atoms with Crippen LogP contribution in [0, 0.1) is 0 Å². The first kappa shape index (κ1) is 11.7. The molecule has 1 rings (SSSR count). The Labute approximate surface area is 91.2 Å². The Morgan fingerprint density at radius 1 is 1.00 bits per heavy atom. The smallest absolute Gasteiger partial charge is 0.0359 e. The molecule has 0 aromatic rings. The molecule has 13 heavy (non-hydrogen) atoms. The highest BCUT2D eigenvalue weighted by Crippen LogP contribution is 1.99. The summed E-state index contributed by atoms with van der Waals surface area (Å²) in [6, 6.07) is 1.10. The average Bonchev–Trinajstić information content (AvgIpc) is 2.59. The fourth-order valence-corrected chi connectivity index (χ4v) is 1.87. The Hall–Kier alpha value is 0.580. The zero-order valence-corrected chi connectivity index (χ0v) is 9.58. The van der Waals surface area contributed by atoms with E-state index in [1.165, 1.54) is 0 Å². The second kappa shape index (κ2) is 6.95. The minimum absolute atomic E-state index is 0.548. The predicted molar refractivity (Wildman–Crippen MR) is 64.2 cm³/mol. The molecular formula is C8H19N3S2. The van der Waals surface area contributed by atoms with Gasteiger partial charge in [-0.2, -0.15) is 25.3 Å². The van der Waals surface area contributed by atoms with Gasteiger partial charge in [0.15, 0.2) is 0 Å².